The van der Waals surface area contributed by atoms with E-state index in [1.54, 1.807) is 25.1 Å². The van der Waals surface area contributed by atoms with E-state index in [1.807, 2.05) is 6.07 Å². The van der Waals surface area contributed by atoms with Gasteiger partial charge in [0.25, 0.3) is 0 Å². The van der Waals surface area contributed by atoms with E-state index in [1.165, 1.54) is 11.6 Å². The molecule has 0 unspecified atom stereocenters. The summed E-state index contributed by atoms with van der Waals surface area (Å²) in [6.07, 6.45) is 5.11. The number of benzene rings is 2. The van der Waals surface area contributed by atoms with Gasteiger partial charge < -0.3 is 14.6 Å². The molecular weight excluding hydrogens is 412 g/mol. The molecule has 0 aliphatic heterocycles. The molecule has 0 heterocycles. The van der Waals surface area contributed by atoms with Gasteiger partial charge in [0.05, 0.1) is 13.2 Å². The quantitative estimate of drug-likeness (QED) is 0.257. The van der Waals surface area contributed by atoms with Crippen molar-refractivity contribution in [2.45, 2.75) is 79.1 Å². The Morgan fingerprint density at radius 3 is 2.24 bits per heavy atom. The summed E-state index contributed by atoms with van der Waals surface area (Å²) in [4.78, 5) is 11.8. The number of esters is 1. The van der Waals surface area contributed by atoms with Gasteiger partial charge in [-0.05, 0) is 59.6 Å². The Morgan fingerprint density at radius 2 is 1.67 bits per heavy atom. The van der Waals surface area contributed by atoms with Crippen LogP contribution in [0.5, 0.6) is 11.5 Å². The first kappa shape index (κ1) is 26.5. The lowest BCUT2D eigenvalue weighted by Gasteiger charge is -2.29. The number of hydrogen-bond acceptors (Lipinski definition) is 4. The van der Waals surface area contributed by atoms with Crippen molar-refractivity contribution in [3.63, 3.8) is 0 Å². The molecule has 0 atom stereocenters. The van der Waals surface area contributed by atoms with Crippen LogP contribution in [0.2, 0.25) is 0 Å². The van der Waals surface area contributed by atoms with Crippen LogP contribution in [0.15, 0.2) is 36.4 Å². The number of hydrogen-bond donors (Lipinski definition) is 1. The zero-order valence-electron chi connectivity index (χ0n) is 21.5. The molecule has 4 heteroatoms. The van der Waals surface area contributed by atoms with E-state index < -0.39 is 0 Å². The summed E-state index contributed by atoms with van der Waals surface area (Å²) in [6, 6.07) is 9.71. The van der Waals surface area contributed by atoms with Crippen molar-refractivity contribution in [3.05, 3.63) is 53.1 Å². The lowest BCUT2D eigenvalue weighted by atomic mass is 9.78. The molecule has 0 bridgehead atoms. The number of phenolic OH excluding ortho intramolecular Hbond substituents is 1. The molecule has 2 aromatic rings. The minimum Gasteiger partial charge on any atom is -0.507 e. The van der Waals surface area contributed by atoms with Gasteiger partial charge in [-0.15, -0.1) is 0 Å². The highest BCUT2D eigenvalue weighted by atomic mass is 16.5. The number of carbonyl (C=O) groups is 1. The van der Waals surface area contributed by atoms with Gasteiger partial charge in [-0.3, -0.25) is 0 Å². The van der Waals surface area contributed by atoms with Crippen molar-refractivity contribution in [2.24, 2.45) is 0 Å². The molecule has 33 heavy (non-hydrogen) atoms. The first-order valence-corrected chi connectivity index (χ1v) is 11.9. The van der Waals surface area contributed by atoms with Crippen molar-refractivity contribution >= 4 is 12.0 Å². The molecule has 0 fully saturated rings. The number of rotatable bonds is 8. The topological polar surface area (TPSA) is 55.8 Å². The fourth-order valence-corrected chi connectivity index (χ4v) is 3.52. The first-order valence-electron chi connectivity index (χ1n) is 11.9. The Hall–Kier alpha value is -2.75. The van der Waals surface area contributed by atoms with Crippen LogP contribution in [0.1, 0.15) is 84.9 Å². The third kappa shape index (κ3) is 7.12. The Bertz CT molecular complexity index is 988. The minimum atomic E-state index is -0.388. The first-order chi connectivity index (χ1) is 15.4. The van der Waals surface area contributed by atoms with E-state index in [4.69, 9.17) is 9.47 Å². The molecule has 180 valence electrons. The third-order valence-corrected chi connectivity index (χ3v) is 5.52. The minimum absolute atomic E-state index is 0.0757. The van der Waals surface area contributed by atoms with Gasteiger partial charge in [0, 0.05) is 22.8 Å². The Balaban J connectivity index is 2.75. The van der Waals surface area contributed by atoms with Crippen LogP contribution in [-0.2, 0) is 20.4 Å². The zero-order valence-corrected chi connectivity index (χ0v) is 21.5. The van der Waals surface area contributed by atoms with Gasteiger partial charge in [-0.25, -0.2) is 4.79 Å². The molecule has 0 saturated heterocycles. The van der Waals surface area contributed by atoms with E-state index in [0.29, 0.717) is 18.8 Å². The summed E-state index contributed by atoms with van der Waals surface area (Å²) in [6.45, 7) is 18.0. The van der Waals surface area contributed by atoms with E-state index in [2.05, 4.69) is 60.6 Å². The highest BCUT2D eigenvalue weighted by molar-refractivity contribution is 5.88. The maximum atomic E-state index is 11.8. The molecule has 4 nitrogen and oxygen atoms in total. The lowest BCUT2D eigenvalue weighted by molar-refractivity contribution is -0.137. The van der Waals surface area contributed by atoms with Crippen molar-refractivity contribution < 1.29 is 19.4 Å². The van der Waals surface area contributed by atoms with Crippen LogP contribution in [0.4, 0.5) is 0 Å². The molecule has 0 radical (unpaired) electrons. The number of carbonyl (C=O) groups excluding carboxylic acids is 1. The van der Waals surface area contributed by atoms with Crippen LogP contribution in [0, 0.1) is 0 Å². The molecule has 0 spiro atoms. The fraction of sp³-hybridized carbons (Fsp3) is 0.483. The smallest absolute Gasteiger partial charge is 0.330 e. The van der Waals surface area contributed by atoms with Crippen LogP contribution in [-0.4, -0.2) is 24.3 Å². The maximum absolute atomic E-state index is 11.8. The van der Waals surface area contributed by atoms with Crippen molar-refractivity contribution in [1.29, 1.82) is 0 Å². The Labute approximate surface area is 199 Å². The van der Waals surface area contributed by atoms with E-state index in [-0.39, 0.29) is 22.5 Å². The highest BCUT2D eigenvalue weighted by Crippen LogP contribution is 2.45. The maximum Gasteiger partial charge on any atom is 0.330 e. The Morgan fingerprint density at radius 1 is 0.970 bits per heavy atom. The zero-order chi connectivity index (χ0) is 24.8. The van der Waals surface area contributed by atoms with Crippen molar-refractivity contribution in [1.82, 2.24) is 0 Å². The SMILES string of the molecule is CCCCOc1c(-c2cc(/C=C/C(=O)OCC)ccc2O)cc(C(C)(C)C)cc1C(C)(C)C. The summed E-state index contributed by atoms with van der Waals surface area (Å²) in [5.74, 6) is 0.598. The van der Waals surface area contributed by atoms with Crippen molar-refractivity contribution in [3.8, 4) is 22.6 Å². The number of phenols is 1. The summed E-state index contributed by atoms with van der Waals surface area (Å²) in [5.41, 5.74) is 4.43. The predicted octanol–water partition coefficient (Wildman–Crippen LogP) is 7.41. The summed E-state index contributed by atoms with van der Waals surface area (Å²) < 4.78 is 11.4. The van der Waals surface area contributed by atoms with Crippen molar-refractivity contribution in [2.75, 3.05) is 13.2 Å². The molecule has 0 aromatic heterocycles. The number of aromatic hydroxyl groups is 1. The molecular formula is C29H40O4. The molecule has 1 N–H and O–H groups in total. The van der Waals surface area contributed by atoms with Gasteiger partial charge in [-0.1, -0.05) is 67.0 Å². The molecule has 2 rings (SSSR count). The normalized spacial score (nSPS) is 12.2. The largest absolute Gasteiger partial charge is 0.507 e. The average molecular weight is 453 g/mol. The number of unbranched alkanes of at least 4 members (excludes halogenated alkanes) is 1. The van der Waals surface area contributed by atoms with Crippen LogP contribution in [0.25, 0.3) is 17.2 Å². The second kappa shape index (κ2) is 10.9. The van der Waals surface area contributed by atoms with E-state index in [9.17, 15) is 9.90 Å². The van der Waals surface area contributed by atoms with Crippen LogP contribution >= 0.6 is 0 Å². The molecule has 0 saturated carbocycles. The van der Waals surface area contributed by atoms with Gasteiger partial charge in [0.1, 0.15) is 11.5 Å². The molecule has 0 aliphatic rings. The number of ether oxygens (including phenoxy) is 2. The van der Waals surface area contributed by atoms with Gasteiger partial charge in [0.2, 0.25) is 0 Å². The lowest BCUT2D eigenvalue weighted by Crippen LogP contribution is -2.19. The predicted molar refractivity (Wildman–Crippen MR) is 137 cm³/mol. The monoisotopic (exact) mass is 452 g/mol. The summed E-state index contributed by atoms with van der Waals surface area (Å²) in [5, 5.41) is 10.9. The van der Waals surface area contributed by atoms with Gasteiger partial charge >= 0.3 is 5.97 Å². The summed E-state index contributed by atoms with van der Waals surface area (Å²) in [7, 11) is 0. The van der Waals surface area contributed by atoms with Crippen LogP contribution in [0.3, 0.4) is 0 Å². The molecule has 0 aliphatic carbocycles. The third-order valence-electron chi connectivity index (χ3n) is 5.52. The second-order valence-corrected chi connectivity index (χ2v) is 10.5. The van der Waals surface area contributed by atoms with Crippen LogP contribution < -0.4 is 4.74 Å². The summed E-state index contributed by atoms with van der Waals surface area (Å²) >= 11 is 0. The van der Waals surface area contributed by atoms with E-state index in [0.717, 1.165) is 35.3 Å². The fourth-order valence-electron chi connectivity index (χ4n) is 3.52. The average Bonchev–Trinajstić information content (AvgIpc) is 2.72. The Kier molecular flexibility index (Phi) is 8.76. The van der Waals surface area contributed by atoms with E-state index >= 15 is 0 Å². The molecule has 0 amide bonds. The highest BCUT2D eigenvalue weighted by Gasteiger charge is 2.27. The second-order valence-electron chi connectivity index (χ2n) is 10.5. The van der Waals surface area contributed by atoms with Gasteiger partial charge in [0.15, 0.2) is 0 Å². The molecule has 2 aromatic carbocycles. The van der Waals surface area contributed by atoms with Gasteiger partial charge in [-0.2, -0.15) is 0 Å². The standard InChI is InChI=1S/C29H40O4/c1-9-11-16-33-27-23(18-21(28(3,4)5)19-24(27)29(6,7)8)22-17-20(12-14-25(22)30)13-15-26(31)32-10-2/h12-15,17-19,30H,9-11,16H2,1-8H3/b15-13+.